The van der Waals surface area contributed by atoms with Gasteiger partial charge in [-0.1, -0.05) is 139 Å². The minimum Gasteiger partial charge on any atom is -0.481 e. The van der Waals surface area contributed by atoms with Gasteiger partial charge in [-0.25, -0.2) is 4.79 Å². The maximum Gasteiger partial charge on any atom is 0.326 e. The van der Waals surface area contributed by atoms with Gasteiger partial charge in [0.05, 0.1) is 19.1 Å². The first kappa shape index (κ1) is 121. The second-order valence-electron chi connectivity index (χ2n) is 35.1. The lowest BCUT2D eigenvalue weighted by Gasteiger charge is -2.35. The molecule has 35 N–H and O–H groups in total. The lowest BCUT2D eigenvalue weighted by atomic mass is 9.94. The number of aliphatic hydroxyl groups excluding tert-OH is 1. The Morgan fingerprint density at radius 1 is 0.383 bits per heavy atom. The molecule has 782 valence electrons. The normalized spacial score (nSPS) is 14.5. The summed E-state index contributed by atoms with van der Waals surface area (Å²) >= 11 is 1.33. The predicted molar refractivity (Wildman–Crippen MR) is 524 cm³/mol. The fraction of sp³-hybridized carbons (Fsp3) is 0.576. The van der Waals surface area contributed by atoms with Gasteiger partial charge in [0.2, 0.25) is 88.6 Å². The topological polar surface area (TPSA) is 812 Å². The van der Waals surface area contributed by atoms with Crippen molar-refractivity contribution in [1.29, 1.82) is 16.2 Å². The molecule has 0 saturated heterocycles. The van der Waals surface area contributed by atoms with Gasteiger partial charge in [0.25, 0.3) is 0 Å². The number of nitrogens with zero attached hydrogens (tertiary/aromatic N) is 1. The summed E-state index contributed by atoms with van der Waals surface area (Å²) in [6, 6.07) is 0.726. The standard InChI is InChI=1S/C92H146N26O22S/c1-9-53(6)74(88(138)118(7)70(45-52(4)5)87(137)109-61(35-36-71(95)120)79(129)110-63(89(139)140)33-23-42-104-92(100)101)117-85(135)67(48-56-28-17-12-18-29-56)114-84(134)68(49-73(123)124)115-78(128)60(32-22-41-103-91(98)99)107-82(132)65(46-54-24-13-10-14-25-54)113-83(133)66(47-55-26-15-11-16-27-55)112-76(126)58(30-19-20-39-93)108-86(136)69(50-119)116-81(131)64(44-51(2)3)111-77(127)59(31-21-40-102-90(96)97)106-80(130)62(38-43-141-8)105-75(125)57(94)34-37-72(121)122/h10-18,24-29,51-53,57-70,74,119H,9,19-23,30-50,93-94H2,1-8H3,(H2,95,120)(H,105,125)(H,106,130)(H,107,132)(H,108,136)(H,109,137)(H,110,129)(H,111,127)(H,112,126)(H,113,133)(H,114,134)(H,115,128)(H,116,131)(H,117,135)(H,121,122)(H,123,124)(H,139,140)(H4,96,97,102)(H4,98,99,103)(H4,100,101,104)/t53-,57-,58-,59-,60-,61-,62-,63-,64-,65-,66-,67-,68-,69-,70-,74-/m0/s1. The number of carbonyl (C=O) groups is 18. The third kappa shape index (κ3) is 47.6. The van der Waals surface area contributed by atoms with Gasteiger partial charge < -0.3 is 145 Å². The Balaban J connectivity index is 2.12. The van der Waals surface area contributed by atoms with E-state index < -0.39 is 247 Å². The summed E-state index contributed by atoms with van der Waals surface area (Å²) in [6.07, 6.45) is -2.04. The quantitative estimate of drug-likeness (QED) is 0.0144. The van der Waals surface area contributed by atoms with E-state index in [2.05, 4.69) is 85.1 Å². The van der Waals surface area contributed by atoms with Gasteiger partial charge in [0.15, 0.2) is 17.9 Å². The zero-order valence-corrected chi connectivity index (χ0v) is 81.9. The number of carboxylic acids is 3. The highest BCUT2D eigenvalue weighted by Gasteiger charge is 2.42. The predicted octanol–water partition coefficient (Wildman–Crippen LogP) is -4.34. The fourth-order valence-electron chi connectivity index (χ4n) is 14.5. The summed E-state index contributed by atoms with van der Waals surface area (Å²) in [6.45, 7) is 9.24. The van der Waals surface area contributed by atoms with Gasteiger partial charge >= 0.3 is 17.9 Å². The lowest BCUT2D eigenvalue weighted by Crippen LogP contribution is -2.62. The Bertz CT molecular complexity index is 4630. The molecule has 48 nitrogen and oxygen atoms in total. The largest absolute Gasteiger partial charge is 0.481 e. The van der Waals surface area contributed by atoms with E-state index in [1.165, 1.54) is 18.8 Å². The summed E-state index contributed by atoms with van der Waals surface area (Å²) in [5.41, 5.74) is 35.1. The van der Waals surface area contributed by atoms with E-state index in [-0.39, 0.29) is 147 Å². The minimum atomic E-state index is -2.07. The summed E-state index contributed by atoms with van der Waals surface area (Å²) in [4.78, 5) is 255. The summed E-state index contributed by atoms with van der Waals surface area (Å²) in [5, 5.41) is 105. The van der Waals surface area contributed by atoms with E-state index in [4.69, 9.17) is 50.6 Å². The SMILES string of the molecule is CC[C@H](C)[C@H](NC(=O)[C@H](Cc1ccccc1)NC(=O)[C@H](CC(=O)O)NC(=O)[C@H](CCCNC(=N)N)NC(=O)[C@H](Cc1ccccc1)NC(=O)[C@H](Cc1ccccc1)NC(=O)[C@H](CCCCN)NC(=O)[C@H](CO)NC(=O)[C@H](CC(C)C)NC(=O)[C@H](CCCNC(=N)N)NC(=O)[C@H](CCSC)NC(=O)[C@@H](N)CCC(=O)O)C(=O)N(C)[C@@H](CC(C)C)C(=O)N[C@@H](CCC(N)=O)C(=O)N[C@@H](CCCNC(=N)N)C(=O)O. The number of benzene rings is 3. The van der Waals surface area contributed by atoms with E-state index in [0.717, 1.165) is 4.90 Å². The second-order valence-corrected chi connectivity index (χ2v) is 36.1. The number of carboxylic acid groups (broad SMARTS) is 3. The zero-order valence-electron chi connectivity index (χ0n) is 81.1. The first-order valence-corrected chi connectivity index (χ1v) is 48.2. The molecule has 0 aromatic heterocycles. The van der Waals surface area contributed by atoms with Crippen LogP contribution in [0.3, 0.4) is 0 Å². The van der Waals surface area contributed by atoms with Crippen LogP contribution in [0.5, 0.6) is 0 Å². The minimum absolute atomic E-state index is 0.0358. The smallest absolute Gasteiger partial charge is 0.326 e. The van der Waals surface area contributed by atoms with Crippen molar-refractivity contribution in [2.24, 2.45) is 52.2 Å². The van der Waals surface area contributed by atoms with Crippen LogP contribution in [-0.4, -0.2) is 292 Å². The highest BCUT2D eigenvalue weighted by atomic mass is 32.2. The van der Waals surface area contributed by atoms with Crippen molar-refractivity contribution in [2.45, 2.75) is 267 Å². The first-order valence-electron chi connectivity index (χ1n) is 46.8. The number of unbranched alkanes of at least 4 members (excludes halogenated alkanes) is 1. The lowest BCUT2D eigenvalue weighted by molar-refractivity contribution is -0.145. The molecule has 0 fully saturated rings. The number of primary amides is 1. The molecule has 3 aromatic rings. The number of nitrogens with two attached hydrogens (primary N) is 6. The maximum atomic E-state index is 15.3. The zero-order chi connectivity index (χ0) is 106. The van der Waals surface area contributed by atoms with Gasteiger partial charge in [-0.2, -0.15) is 11.8 Å². The molecule has 0 unspecified atom stereocenters. The number of likely N-dealkylation sites (N-methyl/N-ethyl adjacent to an activating group) is 1. The van der Waals surface area contributed by atoms with Gasteiger partial charge in [-0.05, 0) is 143 Å². The van der Waals surface area contributed by atoms with Gasteiger partial charge in [0, 0.05) is 58.8 Å². The van der Waals surface area contributed by atoms with Crippen molar-refractivity contribution >= 4 is 136 Å². The van der Waals surface area contributed by atoms with Crippen LogP contribution in [0.2, 0.25) is 0 Å². The van der Waals surface area contributed by atoms with Crippen molar-refractivity contribution in [1.82, 2.24) is 90.0 Å². The Morgan fingerprint density at radius 2 is 0.716 bits per heavy atom. The number of thioether (sulfide) groups is 1. The van der Waals surface area contributed by atoms with E-state index in [1.807, 2.05) is 0 Å². The summed E-state index contributed by atoms with van der Waals surface area (Å²) in [5.74, 6) is -21.6. The molecule has 141 heavy (non-hydrogen) atoms. The van der Waals surface area contributed by atoms with Gasteiger partial charge in [-0.3, -0.25) is 97.7 Å². The number of guanidine groups is 3. The van der Waals surface area contributed by atoms with Crippen LogP contribution in [0.25, 0.3) is 0 Å². The van der Waals surface area contributed by atoms with E-state index in [1.54, 1.807) is 139 Å². The number of nitrogens with one attached hydrogen (secondary N) is 19. The van der Waals surface area contributed by atoms with E-state index in [9.17, 15) is 78.0 Å². The Labute approximate surface area is 823 Å². The molecule has 0 aliphatic heterocycles. The van der Waals surface area contributed by atoms with Crippen LogP contribution in [0.4, 0.5) is 0 Å². The van der Waals surface area contributed by atoms with E-state index >= 15 is 28.8 Å². The molecule has 49 heteroatoms. The number of hydrogen-bond acceptors (Lipinski definition) is 25. The number of amides is 15. The molecule has 0 heterocycles. The first-order chi connectivity index (χ1) is 66.7. The number of aliphatic carboxylic acids is 3. The van der Waals surface area contributed by atoms with E-state index in [0.29, 0.717) is 28.9 Å². The average molecular weight is 2000 g/mol. The van der Waals surface area contributed by atoms with Gasteiger partial charge in [0.1, 0.15) is 84.6 Å². The molecular formula is C92H146N26O22S. The van der Waals surface area contributed by atoms with Crippen LogP contribution < -0.4 is 119 Å². The molecule has 0 spiro atoms. The molecule has 3 rings (SSSR count). The number of rotatable bonds is 69. The van der Waals surface area contributed by atoms with Crippen LogP contribution in [0.1, 0.15) is 174 Å². The molecule has 15 amide bonds. The average Bonchev–Trinajstić information content (AvgIpc) is 0.831. The Kier molecular flexibility index (Phi) is 56.1. The molecule has 0 bridgehead atoms. The van der Waals surface area contributed by atoms with Gasteiger partial charge in [-0.15, -0.1) is 0 Å². The molecule has 0 aliphatic rings. The van der Waals surface area contributed by atoms with Crippen LogP contribution in [0, 0.1) is 34.0 Å². The summed E-state index contributed by atoms with van der Waals surface area (Å²) in [7, 11) is 1.27. The monoisotopic (exact) mass is 2000 g/mol. The summed E-state index contributed by atoms with van der Waals surface area (Å²) < 4.78 is 0. The molecular weight excluding hydrogens is 1850 g/mol. The third-order valence-corrected chi connectivity index (χ3v) is 23.1. The highest BCUT2D eigenvalue weighted by molar-refractivity contribution is 7.98. The van der Waals surface area contributed by atoms with Crippen LogP contribution in [-0.2, 0) is 106 Å². The van der Waals surface area contributed by atoms with Crippen molar-refractivity contribution in [3.8, 4) is 0 Å². The fourth-order valence-corrected chi connectivity index (χ4v) is 15.0. The molecule has 0 aliphatic carbocycles. The van der Waals surface area contributed by atoms with Crippen molar-refractivity contribution < 1.29 is 107 Å². The Morgan fingerprint density at radius 3 is 1.09 bits per heavy atom. The molecule has 3 aromatic carbocycles. The van der Waals surface area contributed by atoms with Crippen molar-refractivity contribution in [3.05, 3.63) is 108 Å². The number of carbonyl (C=O) groups excluding carboxylic acids is 15. The molecule has 0 radical (unpaired) electrons. The third-order valence-electron chi connectivity index (χ3n) is 22.5. The van der Waals surface area contributed by atoms with Crippen molar-refractivity contribution in [3.63, 3.8) is 0 Å². The van der Waals surface area contributed by atoms with Crippen molar-refractivity contribution in [2.75, 3.05) is 51.8 Å². The highest BCUT2D eigenvalue weighted by Crippen LogP contribution is 2.21. The maximum absolute atomic E-state index is 15.3. The second kappa shape index (κ2) is 65.2. The van der Waals surface area contributed by atoms with Crippen LogP contribution in [0.15, 0.2) is 91.0 Å². The van der Waals surface area contributed by atoms with Crippen LogP contribution >= 0.6 is 11.8 Å². The Hall–Kier alpha value is -13.8. The number of hydrogen-bond donors (Lipinski definition) is 29. The molecule has 0 saturated carbocycles. The molecule has 16 atom stereocenters. The number of aliphatic hydroxyl groups is 1.